The first kappa shape index (κ1) is 21.0. The molecule has 3 rings (SSSR count). The monoisotopic (exact) mass is 415 g/mol. The molecule has 2 amide bonds. The van der Waals surface area contributed by atoms with Gasteiger partial charge in [-0.1, -0.05) is 30.3 Å². The van der Waals surface area contributed by atoms with Crippen molar-refractivity contribution < 1.29 is 18.0 Å². The van der Waals surface area contributed by atoms with Gasteiger partial charge < -0.3 is 10.6 Å². The van der Waals surface area contributed by atoms with Crippen molar-refractivity contribution >= 4 is 21.8 Å². The van der Waals surface area contributed by atoms with Crippen molar-refractivity contribution in [3.05, 3.63) is 65.2 Å². The van der Waals surface area contributed by atoms with Gasteiger partial charge in [0.05, 0.1) is 4.90 Å². The van der Waals surface area contributed by atoms with Crippen molar-refractivity contribution in [3.63, 3.8) is 0 Å². The lowest BCUT2D eigenvalue weighted by Gasteiger charge is -2.09. The highest BCUT2D eigenvalue weighted by atomic mass is 32.2. The van der Waals surface area contributed by atoms with Gasteiger partial charge in [0.15, 0.2) is 0 Å². The molecular weight excluding hydrogens is 390 g/mol. The zero-order valence-electron chi connectivity index (χ0n) is 16.3. The molecule has 0 unspecified atom stereocenters. The number of aryl methyl sites for hydroxylation is 1. The van der Waals surface area contributed by atoms with Crippen molar-refractivity contribution in [1.29, 1.82) is 0 Å². The fourth-order valence-corrected chi connectivity index (χ4v) is 4.08. The number of rotatable bonds is 9. The van der Waals surface area contributed by atoms with Gasteiger partial charge in [0, 0.05) is 31.1 Å². The van der Waals surface area contributed by atoms with Crippen LogP contribution >= 0.6 is 0 Å². The highest BCUT2D eigenvalue weighted by Crippen LogP contribution is 2.22. The predicted octanol–water partition coefficient (Wildman–Crippen LogP) is 1.87. The maximum Gasteiger partial charge on any atom is 0.251 e. The van der Waals surface area contributed by atoms with Gasteiger partial charge in [0.1, 0.15) is 0 Å². The zero-order valence-corrected chi connectivity index (χ0v) is 17.1. The molecule has 0 aliphatic heterocycles. The molecule has 0 radical (unpaired) electrons. The van der Waals surface area contributed by atoms with E-state index in [1.54, 1.807) is 24.3 Å². The smallest absolute Gasteiger partial charge is 0.251 e. The average Bonchev–Trinajstić information content (AvgIpc) is 3.50. The summed E-state index contributed by atoms with van der Waals surface area (Å²) in [5.41, 5.74) is 2.28. The lowest BCUT2D eigenvalue weighted by atomic mass is 10.1. The highest BCUT2D eigenvalue weighted by Gasteiger charge is 2.27. The number of hydrogen-bond donors (Lipinski definition) is 3. The Bertz CT molecular complexity index is 983. The summed E-state index contributed by atoms with van der Waals surface area (Å²) >= 11 is 0. The standard InChI is InChI=1S/C21H25N3O4S/c1-15-4-2-3-5-19(15)21(26)22-13-12-20(25)23-14-16-6-10-18(11-7-16)29(27,28)24-17-8-9-17/h2-7,10-11,17,24H,8-9,12-14H2,1H3,(H,22,26)(H,23,25). The molecule has 0 bridgehead atoms. The lowest BCUT2D eigenvalue weighted by molar-refractivity contribution is -0.121. The van der Waals surface area contributed by atoms with E-state index in [1.165, 1.54) is 12.1 Å². The van der Waals surface area contributed by atoms with Crippen LogP contribution in [0.5, 0.6) is 0 Å². The van der Waals surface area contributed by atoms with E-state index in [4.69, 9.17) is 0 Å². The molecule has 1 fully saturated rings. The quantitative estimate of drug-likeness (QED) is 0.582. The summed E-state index contributed by atoms with van der Waals surface area (Å²) in [7, 11) is -3.47. The Hall–Kier alpha value is -2.71. The number of nitrogens with one attached hydrogen (secondary N) is 3. The molecule has 2 aromatic rings. The third-order valence-electron chi connectivity index (χ3n) is 4.65. The molecule has 7 nitrogen and oxygen atoms in total. The molecule has 2 aromatic carbocycles. The van der Waals surface area contributed by atoms with Gasteiger partial charge in [0.25, 0.3) is 5.91 Å². The minimum atomic E-state index is -3.47. The van der Waals surface area contributed by atoms with E-state index in [0.29, 0.717) is 12.1 Å². The summed E-state index contributed by atoms with van der Waals surface area (Å²) in [6, 6.07) is 13.8. The van der Waals surface area contributed by atoms with E-state index in [9.17, 15) is 18.0 Å². The van der Waals surface area contributed by atoms with Gasteiger partial charge in [-0.25, -0.2) is 13.1 Å². The molecule has 0 saturated heterocycles. The van der Waals surface area contributed by atoms with Gasteiger partial charge >= 0.3 is 0 Å². The average molecular weight is 416 g/mol. The molecule has 0 atom stereocenters. The first-order valence-electron chi connectivity index (χ1n) is 9.57. The normalized spacial score (nSPS) is 13.7. The minimum absolute atomic E-state index is 0.0604. The van der Waals surface area contributed by atoms with E-state index in [2.05, 4.69) is 15.4 Å². The molecule has 0 aromatic heterocycles. The van der Waals surface area contributed by atoms with Gasteiger partial charge in [-0.15, -0.1) is 0 Å². The molecule has 29 heavy (non-hydrogen) atoms. The van der Waals surface area contributed by atoms with Crippen LogP contribution in [0.25, 0.3) is 0 Å². The third-order valence-corrected chi connectivity index (χ3v) is 6.19. The Kier molecular flexibility index (Phi) is 6.66. The summed E-state index contributed by atoms with van der Waals surface area (Å²) in [5.74, 6) is -0.394. The molecule has 0 heterocycles. The molecule has 3 N–H and O–H groups in total. The largest absolute Gasteiger partial charge is 0.352 e. The predicted molar refractivity (Wildman–Crippen MR) is 110 cm³/mol. The Balaban J connectivity index is 1.41. The van der Waals surface area contributed by atoms with E-state index >= 15 is 0 Å². The zero-order chi connectivity index (χ0) is 20.9. The fourth-order valence-electron chi connectivity index (χ4n) is 2.78. The number of amides is 2. The number of carbonyl (C=O) groups excluding carboxylic acids is 2. The number of carbonyl (C=O) groups is 2. The second kappa shape index (κ2) is 9.19. The summed E-state index contributed by atoms with van der Waals surface area (Å²) in [6.45, 7) is 2.39. The summed E-state index contributed by atoms with van der Waals surface area (Å²) < 4.78 is 26.9. The van der Waals surface area contributed by atoms with Crippen LogP contribution in [0.4, 0.5) is 0 Å². The molecule has 1 aliphatic carbocycles. The van der Waals surface area contributed by atoms with Crippen LogP contribution in [-0.4, -0.2) is 32.8 Å². The lowest BCUT2D eigenvalue weighted by Crippen LogP contribution is -2.30. The van der Waals surface area contributed by atoms with Gasteiger partial charge in [0.2, 0.25) is 15.9 Å². The molecule has 8 heteroatoms. The van der Waals surface area contributed by atoms with Gasteiger partial charge in [-0.2, -0.15) is 0 Å². The first-order valence-corrected chi connectivity index (χ1v) is 11.1. The maximum absolute atomic E-state index is 12.1. The van der Waals surface area contributed by atoms with Crippen LogP contribution in [0, 0.1) is 6.92 Å². The number of sulfonamides is 1. The van der Waals surface area contributed by atoms with Crippen molar-refractivity contribution in [2.24, 2.45) is 0 Å². The second-order valence-corrected chi connectivity index (χ2v) is 8.85. The summed E-state index contributed by atoms with van der Waals surface area (Å²) in [6.07, 6.45) is 1.93. The second-order valence-electron chi connectivity index (χ2n) is 7.14. The van der Waals surface area contributed by atoms with Gasteiger partial charge in [-0.05, 0) is 49.1 Å². The Morgan fingerprint density at radius 2 is 1.69 bits per heavy atom. The third kappa shape index (κ3) is 6.13. The minimum Gasteiger partial charge on any atom is -0.352 e. The van der Waals surface area contributed by atoms with Crippen LogP contribution in [0.1, 0.15) is 40.7 Å². The van der Waals surface area contributed by atoms with Crippen molar-refractivity contribution in [3.8, 4) is 0 Å². The number of benzene rings is 2. The van der Waals surface area contributed by atoms with Crippen molar-refractivity contribution in [2.75, 3.05) is 6.54 Å². The first-order chi connectivity index (χ1) is 13.8. The number of hydrogen-bond acceptors (Lipinski definition) is 4. The van der Waals surface area contributed by atoms with Crippen LogP contribution < -0.4 is 15.4 Å². The van der Waals surface area contributed by atoms with Crippen LogP contribution in [0.2, 0.25) is 0 Å². The topological polar surface area (TPSA) is 104 Å². The molecular formula is C21H25N3O4S. The van der Waals surface area contributed by atoms with E-state index in [-0.39, 0.29) is 35.7 Å². The molecule has 0 spiro atoms. The van der Waals surface area contributed by atoms with Crippen LogP contribution in [0.15, 0.2) is 53.4 Å². The molecule has 154 valence electrons. The molecule has 1 saturated carbocycles. The van der Waals surface area contributed by atoms with Crippen LogP contribution in [0.3, 0.4) is 0 Å². The summed E-state index contributed by atoms with van der Waals surface area (Å²) in [4.78, 5) is 24.3. The highest BCUT2D eigenvalue weighted by molar-refractivity contribution is 7.89. The molecule has 1 aliphatic rings. The maximum atomic E-state index is 12.1. The summed E-state index contributed by atoms with van der Waals surface area (Å²) in [5, 5.41) is 5.51. The van der Waals surface area contributed by atoms with Crippen LogP contribution in [-0.2, 0) is 21.4 Å². The fraction of sp³-hybridized carbons (Fsp3) is 0.333. The Labute approximate surface area is 171 Å². The SMILES string of the molecule is Cc1ccccc1C(=O)NCCC(=O)NCc1ccc(S(=O)(=O)NC2CC2)cc1. The Morgan fingerprint density at radius 3 is 2.34 bits per heavy atom. The van der Waals surface area contributed by atoms with Gasteiger partial charge in [-0.3, -0.25) is 9.59 Å². The Morgan fingerprint density at radius 1 is 1.00 bits per heavy atom. The van der Waals surface area contributed by atoms with E-state index < -0.39 is 10.0 Å². The van der Waals surface area contributed by atoms with Crippen molar-refractivity contribution in [1.82, 2.24) is 15.4 Å². The van der Waals surface area contributed by atoms with E-state index in [1.807, 2.05) is 19.1 Å². The van der Waals surface area contributed by atoms with E-state index in [0.717, 1.165) is 24.0 Å². The van der Waals surface area contributed by atoms with Crippen molar-refractivity contribution in [2.45, 2.75) is 43.7 Å².